The molecule has 0 amide bonds. The highest BCUT2D eigenvalue weighted by molar-refractivity contribution is 9.10. The summed E-state index contributed by atoms with van der Waals surface area (Å²) in [5.74, 6) is 0.339. The van der Waals surface area contributed by atoms with E-state index in [9.17, 15) is 0 Å². The van der Waals surface area contributed by atoms with Crippen LogP contribution in [0.2, 0.25) is 0 Å². The fourth-order valence-electron chi connectivity index (χ4n) is 0.613. The van der Waals surface area contributed by atoms with Crippen LogP contribution in [-0.4, -0.2) is 25.6 Å². The van der Waals surface area contributed by atoms with Crippen LogP contribution < -0.4 is 0 Å². The van der Waals surface area contributed by atoms with Crippen LogP contribution in [0.3, 0.4) is 0 Å². The van der Waals surface area contributed by atoms with Crippen LogP contribution in [0.5, 0.6) is 0 Å². The van der Waals surface area contributed by atoms with Crippen molar-refractivity contribution in [2.24, 2.45) is 0 Å². The fraction of sp³-hybridized carbons (Fsp3) is 0. The molecule has 2 aromatic heterocycles. The molecule has 56 valence electrons. The first-order valence-electron chi connectivity index (χ1n) is 2.71. The first kappa shape index (κ1) is 6.47. The van der Waals surface area contributed by atoms with Crippen molar-refractivity contribution in [3.63, 3.8) is 0 Å². The zero-order valence-corrected chi connectivity index (χ0v) is 6.74. The predicted molar refractivity (Wildman–Crippen MR) is 37.4 cm³/mol. The number of halogens is 1. The second-order valence-electron chi connectivity index (χ2n) is 1.72. The Labute approximate surface area is 69.1 Å². The number of aromatic nitrogens is 5. The Kier molecular flexibility index (Phi) is 1.42. The molecule has 0 aromatic carbocycles. The number of nitrogens with one attached hydrogen (secondary N) is 1. The lowest BCUT2D eigenvalue weighted by atomic mass is 10.5. The lowest BCUT2D eigenvalue weighted by Crippen LogP contribution is -1.76. The molecule has 0 bridgehead atoms. The van der Waals surface area contributed by atoms with Crippen LogP contribution in [0.15, 0.2) is 15.4 Å². The number of hydrogen-bond donors (Lipinski definition) is 1. The van der Waals surface area contributed by atoms with Gasteiger partial charge in [0.2, 0.25) is 0 Å². The van der Waals surface area contributed by atoms with Gasteiger partial charge in [-0.25, -0.2) is 0 Å². The molecule has 2 heterocycles. The second kappa shape index (κ2) is 2.42. The minimum Gasteiger partial charge on any atom is -0.409 e. The van der Waals surface area contributed by atoms with Crippen molar-refractivity contribution < 1.29 is 4.42 Å². The molecule has 0 aliphatic carbocycles. The molecule has 0 atom stereocenters. The molecular formula is C4H2BrN5O. The third-order valence-corrected chi connectivity index (χ3v) is 1.35. The Balaban J connectivity index is 2.45. The highest BCUT2D eigenvalue weighted by Gasteiger charge is 2.07. The highest BCUT2D eigenvalue weighted by Crippen LogP contribution is 2.15. The maximum atomic E-state index is 5.00. The van der Waals surface area contributed by atoms with E-state index in [0.717, 1.165) is 0 Å². The fourth-order valence-corrected chi connectivity index (χ4v) is 0.846. The Morgan fingerprint density at radius 1 is 1.45 bits per heavy atom. The van der Waals surface area contributed by atoms with Crippen LogP contribution in [0.25, 0.3) is 11.6 Å². The molecule has 0 spiro atoms. The van der Waals surface area contributed by atoms with Crippen molar-refractivity contribution in [2.45, 2.75) is 0 Å². The first-order chi connectivity index (χ1) is 5.36. The summed E-state index contributed by atoms with van der Waals surface area (Å²) in [4.78, 5) is 0.329. The monoisotopic (exact) mass is 215 g/mol. The molecule has 2 aromatic rings. The highest BCUT2D eigenvalue weighted by atomic mass is 79.9. The van der Waals surface area contributed by atoms with Gasteiger partial charge in [0.05, 0.1) is 6.20 Å². The van der Waals surface area contributed by atoms with Crippen molar-refractivity contribution in [3.05, 3.63) is 11.0 Å². The van der Waals surface area contributed by atoms with E-state index in [1.54, 1.807) is 0 Å². The second-order valence-corrected chi connectivity index (χ2v) is 2.39. The SMILES string of the molecule is Brc1nnc(-c2cn[nH]n2)o1. The van der Waals surface area contributed by atoms with Gasteiger partial charge < -0.3 is 4.42 Å². The molecular weight excluding hydrogens is 214 g/mol. The van der Waals surface area contributed by atoms with Crippen molar-refractivity contribution in [1.29, 1.82) is 0 Å². The predicted octanol–water partition coefficient (Wildman–Crippen LogP) is 0.617. The molecule has 0 unspecified atom stereocenters. The van der Waals surface area contributed by atoms with E-state index < -0.39 is 0 Å². The summed E-state index contributed by atoms with van der Waals surface area (Å²) in [5, 5.41) is 17.0. The standard InChI is InChI=1S/C4H2BrN5O/c5-4-9-8-3(11-4)2-1-6-10-7-2/h1H,(H,6,7,10). The number of H-pyrrole nitrogens is 1. The topological polar surface area (TPSA) is 80.5 Å². The van der Waals surface area contributed by atoms with Gasteiger partial charge in [0, 0.05) is 15.9 Å². The van der Waals surface area contributed by atoms with E-state index in [1.165, 1.54) is 6.20 Å². The molecule has 0 aliphatic rings. The van der Waals surface area contributed by atoms with Crippen LogP contribution in [0.1, 0.15) is 0 Å². The quantitative estimate of drug-likeness (QED) is 0.755. The maximum absolute atomic E-state index is 5.00. The third kappa shape index (κ3) is 1.14. The van der Waals surface area contributed by atoms with Gasteiger partial charge in [-0.2, -0.15) is 15.4 Å². The summed E-state index contributed by atoms with van der Waals surface area (Å²) in [6.07, 6.45) is 1.50. The average Bonchev–Trinajstić information content (AvgIpc) is 2.55. The molecule has 0 saturated heterocycles. The molecule has 0 aliphatic heterocycles. The number of hydrogen-bond acceptors (Lipinski definition) is 5. The first-order valence-corrected chi connectivity index (χ1v) is 3.51. The maximum Gasteiger partial charge on any atom is 0.285 e. The van der Waals surface area contributed by atoms with Gasteiger partial charge in [0.15, 0.2) is 5.69 Å². The molecule has 6 nitrogen and oxygen atoms in total. The van der Waals surface area contributed by atoms with Gasteiger partial charge in [-0.15, -0.1) is 10.2 Å². The lowest BCUT2D eigenvalue weighted by molar-refractivity contribution is 0.538. The molecule has 2 rings (SSSR count). The number of nitrogens with zero attached hydrogens (tertiary/aromatic N) is 4. The lowest BCUT2D eigenvalue weighted by Gasteiger charge is -1.79. The summed E-state index contributed by atoms with van der Waals surface area (Å²) in [6.45, 7) is 0. The van der Waals surface area contributed by atoms with Gasteiger partial charge in [-0.1, -0.05) is 0 Å². The Bertz CT molecular complexity index is 341. The summed E-state index contributed by atoms with van der Waals surface area (Å²) in [7, 11) is 0. The van der Waals surface area contributed by atoms with Gasteiger partial charge >= 0.3 is 0 Å². The number of aromatic amines is 1. The van der Waals surface area contributed by atoms with E-state index in [-0.39, 0.29) is 0 Å². The summed E-state index contributed by atoms with van der Waals surface area (Å²) >= 11 is 3.02. The van der Waals surface area contributed by atoms with E-state index in [0.29, 0.717) is 16.4 Å². The summed E-state index contributed by atoms with van der Waals surface area (Å²) < 4.78 is 5.00. The van der Waals surface area contributed by atoms with Crippen LogP contribution in [0, 0.1) is 0 Å². The molecule has 0 fully saturated rings. The molecule has 0 radical (unpaired) electrons. The van der Waals surface area contributed by atoms with Gasteiger partial charge in [0.25, 0.3) is 10.7 Å². The van der Waals surface area contributed by atoms with Crippen LogP contribution in [-0.2, 0) is 0 Å². The van der Waals surface area contributed by atoms with E-state index in [1.807, 2.05) is 0 Å². The Morgan fingerprint density at radius 2 is 2.36 bits per heavy atom. The normalized spacial score (nSPS) is 10.3. The molecule has 1 N–H and O–H groups in total. The zero-order valence-electron chi connectivity index (χ0n) is 5.15. The Hall–Kier alpha value is -1.24. The Morgan fingerprint density at radius 3 is 2.91 bits per heavy atom. The average molecular weight is 216 g/mol. The van der Waals surface area contributed by atoms with E-state index in [2.05, 4.69) is 41.5 Å². The van der Waals surface area contributed by atoms with E-state index >= 15 is 0 Å². The summed E-state index contributed by atoms with van der Waals surface area (Å²) in [6, 6.07) is 0. The van der Waals surface area contributed by atoms with Crippen molar-refractivity contribution in [2.75, 3.05) is 0 Å². The van der Waals surface area contributed by atoms with E-state index in [4.69, 9.17) is 4.42 Å². The molecule has 0 saturated carbocycles. The zero-order chi connectivity index (χ0) is 7.68. The minimum atomic E-state index is 0.329. The molecule has 7 heteroatoms. The van der Waals surface area contributed by atoms with Crippen LogP contribution in [0.4, 0.5) is 0 Å². The minimum absolute atomic E-state index is 0.329. The third-order valence-electron chi connectivity index (χ3n) is 1.03. The number of rotatable bonds is 1. The smallest absolute Gasteiger partial charge is 0.285 e. The van der Waals surface area contributed by atoms with Gasteiger partial charge in [-0.05, 0) is 0 Å². The summed E-state index contributed by atoms with van der Waals surface area (Å²) in [5.41, 5.74) is 0.531. The van der Waals surface area contributed by atoms with Crippen LogP contribution >= 0.6 is 15.9 Å². The van der Waals surface area contributed by atoms with Crippen molar-refractivity contribution >= 4 is 15.9 Å². The largest absolute Gasteiger partial charge is 0.409 e. The van der Waals surface area contributed by atoms with Crippen molar-refractivity contribution in [1.82, 2.24) is 25.6 Å². The van der Waals surface area contributed by atoms with Crippen molar-refractivity contribution in [3.8, 4) is 11.6 Å². The van der Waals surface area contributed by atoms with Gasteiger partial charge in [-0.3, -0.25) is 0 Å². The molecule has 11 heavy (non-hydrogen) atoms. The van der Waals surface area contributed by atoms with Gasteiger partial charge in [0.1, 0.15) is 0 Å².